The van der Waals surface area contributed by atoms with Crippen molar-refractivity contribution in [3.63, 3.8) is 0 Å². The monoisotopic (exact) mass is 312 g/mol. The Morgan fingerprint density at radius 3 is 2.86 bits per heavy atom. The number of hydrogen-bond donors (Lipinski definition) is 2. The molecule has 0 radical (unpaired) electrons. The molecular formula is C13H20N4O3S. The smallest absolute Gasteiger partial charge is 0.270 e. The number of amides is 1. The van der Waals surface area contributed by atoms with Gasteiger partial charge in [-0.25, -0.2) is 18.4 Å². The highest BCUT2D eigenvalue weighted by molar-refractivity contribution is 7.91. The van der Waals surface area contributed by atoms with Crippen LogP contribution in [0.15, 0.2) is 12.4 Å². The highest BCUT2D eigenvalue weighted by Gasteiger charge is 2.28. The Morgan fingerprint density at radius 2 is 2.24 bits per heavy atom. The number of nitrogens with one attached hydrogen (secondary N) is 2. The standard InChI is InChI=1S/C13H20N4O3S/c1-3-9(2)16-13(18)11-6-12(15-8-14-11)17-10-4-5-21(19,20)7-10/h6,8-10H,3-5,7H2,1-2H3,(H,16,18)(H,14,15,17). The quantitative estimate of drug-likeness (QED) is 0.826. The van der Waals surface area contributed by atoms with Crippen LogP contribution in [0.1, 0.15) is 37.2 Å². The summed E-state index contributed by atoms with van der Waals surface area (Å²) in [6, 6.07) is 1.46. The van der Waals surface area contributed by atoms with Crippen LogP contribution in [0, 0.1) is 0 Å². The molecule has 1 saturated heterocycles. The van der Waals surface area contributed by atoms with Crippen LogP contribution in [0.25, 0.3) is 0 Å². The molecule has 1 aromatic rings. The van der Waals surface area contributed by atoms with Crippen molar-refractivity contribution in [1.82, 2.24) is 15.3 Å². The van der Waals surface area contributed by atoms with E-state index in [0.29, 0.717) is 12.2 Å². The van der Waals surface area contributed by atoms with Gasteiger partial charge in [-0.15, -0.1) is 0 Å². The summed E-state index contributed by atoms with van der Waals surface area (Å²) in [6.07, 6.45) is 2.69. The molecule has 116 valence electrons. The fourth-order valence-corrected chi connectivity index (χ4v) is 3.75. The summed E-state index contributed by atoms with van der Waals surface area (Å²) in [7, 11) is -2.95. The van der Waals surface area contributed by atoms with E-state index in [1.54, 1.807) is 6.07 Å². The van der Waals surface area contributed by atoms with Gasteiger partial charge in [-0.1, -0.05) is 6.92 Å². The molecule has 7 nitrogen and oxygen atoms in total. The molecule has 2 unspecified atom stereocenters. The molecule has 1 aliphatic rings. The van der Waals surface area contributed by atoms with Crippen molar-refractivity contribution in [2.75, 3.05) is 16.8 Å². The molecule has 0 saturated carbocycles. The maximum absolute atomic E-state index is 12.0. The predicted molar refractivity (Wildman–Crippen MR) is 79.9 cm³/mol. The summed E-state index contributed by atoms with van der Waals surface area (Å²) in [5, 5.41) is 5.88. The van der Waals surface area contributed by atoms with Crippen molar-refractivity contribution in [2.24, 2.45) is 0 Å². The van der Waals surface area contributed by atoms with E-state index < -0.39 is 9.84 Å². The lowest BCUT2D eigenvalue weighted by molar-refractivity contribution is 0.0934. The molecule has 0 bridgehead atoms. The predicted octanol–water partition coefficient (Wildman–Crippen LogP) is 0.604. The van der Waals surface area contributed by atoms with Gasteiger partial charge in [0.05, 0.1) is 11.5 Å². The Bertz CT molecular complexity index is 618. The fraction of sp³-hybridized carbons (Fsp3) is 0.615. The van der Waals surface area contributed by atoms with Gasteiger partial charge in [-0.2, -0.15) is 0 Å². The van der Waals surface area contributed by atoms with Gasteiger partial charge in [-0.3, -0.25) is 4.79 Å². The number of nitrogens with zero attached hydrogens (tertiary/aromatic N) is 2. The first-order valence-corrected chi connectivity index (χ1v) is 8.81. The van der Waals surface area contributed by atoms with Gasteiger partial charge in [0.15, 0.2) is 9.84 Å². The maximum atomic E-state index is 12.0. The molecule has 2 heterocycles. The molecule has 0 aliphatic carbocycles. The van der Waals surface area contributed by atoms with E-state index >= 15 is 0 Å². The van der Waals surface area contributed by atoms with Gasteiger partial charge in [0.1, 0.15) is 17.8 Å². The molecule has 8 heteroatoms. The second kappa shape index (κ2) is 6.38. The highest BCUT2D eigenvalue weighted by atomic mass is 32.2. The number of anilines is 1. The third-order valence-corrected chi connectivity index (χ3v) is 5.24. The minimum atomic E-state index is -2.95. The zero-order chi connectivity index (χ0) is 15.5. The summed E-state index contributed by atoms with van der Waals surface area (Å²) < 4.78 is 22.8. The Kier molecular flexibility index (Phi) is 4.76. The SMILES string of the molecule is CCC(C)NC(=O)c1cc(NC2CCS(=O)(=O)C2)ncn1. The van der Waals surface area contributed by atoms with Crippen molar-refractivity contribution >= 4 is 21.6 Å². The maximum Gasteiger partial charge on any atom is 0.270 e. The van der Waals surface area contributed by atoms with Crippen LogP contribution in [0.3, 0.4) is 0 Å². The average Bonchev–Trinajstić information content (AvgIpc) is 2.78. The Morgan fingerprint density at radius 1 is 1.48 bits per heavy atom. The molecule has 2 N–H and O–H groups in total. The summed E-state index contributed by atoms with van der Waals surface area (Å²) in [4.78, 5) is 20.0. The Balaban J connectivity index is 2.03. The van der Waals surface area contributed by atoms with Crippen LogP contribution in [0.5, 0.6) is 0 Å². The second-order valence-electron chi connectivity index (χ2n) is 5.32. The third kappa shape index (κ3) is 4.38. The van der Waals surface area contributed by atoms with E-state index in [2.05, 4.69) is 20.6 Å². The molecule has 0 spiro atoms. The minimum absolute atomic E-state index is 0.0730. The van der Waals surface area contributed by atoms with E-state index in [1.807, 2.05) is 13.8 Å². The van der Waals surface area contributed by atoms with Crippen molar-refractivity contribution < 1.29 is 13.2 Å². The van der Waals surface area contributed by atoms with E-state index in [0.717, 1.165) is 6.42 Å². The highest BCUT2D eigenvalue weighted by Crippen LogP contribution is 2.16. The van der Waals surface area contributed by atoms with Gasteiger partial charge in [0.2, 0.25) is 0 Å². The molecule has 0 aromatic carbocycles. The van der Waals surface area contributed by atoms with Gasteiger partial charge in [0, 0.05) is 18.2 Å². The molecular weight excluding hydrogens is 292 g/mol. The number of carbonyl (C=O) groups is 1. The normalized spacial score (nSPS) is 21.7. The first kappa shape index (κ1) is 15.7. The van der Waals surface area contributed by atoms with Crippen molar-refractivity contribution in [2.45, 2.75) is 38.8 Å². The summed E-state index contributed by atoms with van der Waals surface area (Å²) in [6.45, 7) is 3.90. The lowest BCUT2D eigenvalue weighted by Gasteiger charge is -2.13. The van der Waals surface area contributed by atoms with Crippen molar-refractivity contribution in [3.05, 3.63) is 18.1 Å². The van der Waals surface area contributed by atoms with Crippen molar-refractivity contribution in [1.29, 1.82) is 0 Å². The van der Waals surface area contributed by atoms with Gasteiger partial charge in [-0.05, 0) is 19.8 Å². The third-order valence-electron chi connectivity index (χ3n) is 3.47. The van der Waals surface area contributed by atoms with E-state index in [1.165, 1.54) is 6.33 Å². The number of hydrogen-bond acceptors (Lipinski definition) is 6. The van der Waals surface area contributed by atoms with Gasteiger partial charge in [0.25, 0.3) is 5.91 Å². The molecule has 1 aromatic heterocycles. The zero-order valence-corrected chi connectivity index (χ0v) is 13.0. The number of carbonyl (C=O) groups excluding carboxylic acids is 1. The molecule has 1 aliphatic heterocycles. The van der Waals surface area contributed by atoms with Crippen LogP contribution in [0.4, 0.5) is 5.82 Å². The molecule has 1 fully saturated rings. The first-order valence-electron chi connectivity index (χ1n) is 6.99. The lowest BCUT2D eigenvalue weighted by Crippen LogP contribution is -2.32. The molecule has 2 rings (SSSR count). The Hall–Kier alpha value is -1.70. The minimum Gasteiger partial charge on any atom is -0.366 e. The van der Waals surface area contributed by atoms with Crippen LogP contribution in [0.2, 0.25) is 0 Å². The first-order chi connectivity index (χ1) is 9.89. The number of rotatable bonds is 5. The summed E-state index contributed by atoms with van der Waals surface area (Å²) >= 11 is 0. The summed E-state index contributed by atoms with van der Waals surface area (Å²) in [5.74, 6) is 0.512. The molecule has 21 heavy (non-hydrogen) atoms. The largest absolute Gasteiger partial charge is 0.366 e. The zero-order valence-electron chi connectivity index (χ0n) is 12.2. The topological polar surface area (TPSA) is 101 Å². The second-order valence-corrected chi connectivity index (χ2v) is 7.54. The molecule has 2 atom stereocenters. The average molecular weight is 312 g/mol. The summed E-state index contributed by atoms with van der Waals surface area (Å²) in [5.41, 5.74) is 0.272. The van der Waals surface area contributed by atoms with Crippen LogP contribution in [-0.2, 0) is 9.84 Å². The number of sulfone groups is 1. The lowest BCUT2D eigenvalue weighted by atomic mass is 10.2. The van der Waals surface area contributed by atoms with E-state index in [4.69, 9.17) is 0 Å². The van der Waals surface area contributed by atoms with Crippen LogP contribution >= 0.6 is 0 Å². The molecule has 1 amide bonds. The fourth-order valence-electron chi connectivity index (χ4n) is 2.08. The van der Waals surface area contributed by atoms with Gasteiger partial charge < -0.3 is 10.6 Å². The van der Waals surface area contributed by atoms with Crippen LogP contribution < -0.4 is 10.6 Å². The van der Waals surface area contributed by atoms with Gasteiger partial charge >= 0.3 is 0 Å². The number of aromatic nitrogens is 2. The van der Waals surface area contributed by atoms with E-state index in [-0.39, 0.29) is 35.2 Å². The van der Waals surface area contributed by atoms with E-state index in [9.17, 15) is 13.2 Å². The van der Waals surface area contributed by atoms with Crippen LogP contribution in [-0.4, -0.2) is 47.9 Å². The Labute approximate surface area is 124 Å². The van der Waals surface area contributed by atoms with Crippen molar-refractivity contribution in [3.8, 4) is 0 Å².